The molecule has 2 aliphatic rings. The minimum absolute atomic E-state index is 0.0126. The predicted octanol–water partition coefficient (Wildman–Crippen LogP) is 3.74. The Morgan fingerprint density at radius 1 is 1.05 bits per heavy atom. The number of pyridine rings is 2. The molecule has 3 aromatic heterocycles. The van der Waals surface area contributed by atoms with Crippen molar-refractivity contribution in [3.63, 3.8) is 0 Å². The molecule has 6 rings (SSSR count). The number of amides is 4. The fourth-order valence-corrected chi connectivity index (χ4v) is 6.13. The van der Waals surface area contributed by atoms with Gasteiger partial charge in [-0.15, -0.1) is 11.3 Å². The normalized spacial score (nSPS) is 15.5. The maximum atomic E-state index is 12.4. The van der Waals surface area contributed by atoms with Crippen LogP contribution in [-0.4, -0.2) is 76.4 Å². The highest BCUT2D eigenvalue weighted by Gasteiger charge is 2.29. The molecular weight excluding hydrogens is 554 g/mol. The van der Waals surface area contributed by atoms with Crippen LogP contribution in [-0.2, 0) is 16.1 Å². The number of nitrogens with zero attached hydrogens (tertiary/aromatic N) is 4. The molecule has 0 radical (unpaired) electrons. The van der Waals surface area contributed by atoms with Gasteiger partial charge >= 0.3 is 6.03 Å². The van der Waals surface area contributed by atoms with Gasteiger partial charge in [0.05, 0.1) is 32.9 Å². The summed E-state index contributed by atoms with van der Waals surface area (Å²) >= 11 is 1.58. The van der Waals surface area contributed by atoms with Crippen LogP contribution in [0, 0.1) is 6.92 Å². The van der Waals surface area contributed by atoms with Gasteiger partial charge in [-0.25, -0.2) is 4.79 Å². The lowest BCUT2D eigenvalue weighted by molar-refractivity contribution is -0.133. The highest BCUT2D eigenvalue weighted by atomic mass is 32.1. The number of anilines is 1. The van der Waals surface area contributed by atoms with Gasteiger partial charge in [-0.2, -0.15) is 0 Å². The van der Waals surface area contributed by atoms with Gasteiger partial charge in [-0.1, -0.05) is 6.07 Å². The summed E-state index contributed by atoms with van der Waals surface area (Å²) in [5.74, 6) is 1.39. The van der Waals surface area contributed by atoms with Gasteiger partial charge in [0.25, 0.3) is 0 Å². The van der Waals surface area contributed by atoms with Gasteiger partial charge in [0.15, 0.2) is 0 Å². The Morgan fingerprint density at radius 2 is 1.88 bits per heavy atom. The predicted molar refractivity (Wildman–Crippen MR) is 161 cm³/mol. The molecule has 0 saturated carbocycles. The van der Waals surface area contributed by atoms with Gasteiger partial charge in [0.1, 0.15) is 11.5 Å². The highest BCUT2D eigenvalue weighted by Crippen LogP contribution is 2.39. The lowest BCUT2D eigenvalue weighted by Gasteiger charge is -2.38. The van der Waals surface area contributed by atoms with Crippen LogP contribution >= 0.6 is 11.3 Å². The number of hydrogen-bond donors (Lipinski definition) is 3. The fraction of sp³-hybridized carbons (Fsp3) is 0.300. The van der Waals surface area contributed by atoms with E-state index in [-0.39, 0.29) is 24.0 Å². The summed E-state index contributed by atoms with van der Waals surface area (Å²) in [5.41, 5.74) is 4.35. The number of hydrogen-bond acceptors (Lipinski definition) is 8. The quantitative estimate of drug-likeness (QED) is 0.255. The van der Waals surface area contributed by atoms with Crippen molar-refractivity contribution < 1.29 is 19.1 Å². The second kappa shape index (κ2) is 11.7. The monoisotopic (exact) mass is 585 g/mol. The van der Waals surface area contributed by atoms with Crippen molar-refractivity contribution in [2.75, 3.05) is 31.5 Å². The summed E-state index contributed by atoms with van der Waals surface area (Å²) in [4.78, 5) is 48.5. The zero-order chi connectivity index (χ0) is 29.2. The van der Waals surface area contributed by atoms with E-state index in [2.05, 4.69) is 31.9 Å². The third-order valence-corrected chi connectivity index (χ3v) is 8.60. The van der Waals surface area contributed by atoms with Gasteiger partial charge in [-0.3, -0.25) is 24.5 Å². The molecule has 0 spiro atoms. The molecule has 0 aliphatic carbocycles. The highest BCUT2D eigenvalue weighted by molar-refractivity contribution is 7.22. The van der Waals surface area contributed by atoms with E-state index in [4.69, 9.17) is 9.72 Å². The van der Waals surface area contributed by atoms with E-state index in [1.165, 1.54) is 6.92 Å². The van der Waals surface area contributed by atoms with Crippen molar-refractivity contribution in [2.24, 2.45) is 0 Å². The number of carbonyl (C=O) groups is 3. The summed E-state index contributed by atoms with van der Waals surface area (Å²) in [5, 5.41) is 8.54. The van der Waals surface area contributed by atoms with Crippen molar-refractivity contribution in [1.82, 2.24) is 30.4 Å². The fourth-order valence-electron chi connectivity index (χ4n) is 5.08. The molecule has 0 unspecified atom stereocenters. The first kappa shape index (κ1) is 27.6. The third-order valence-electron chi connectivity index (χ3n) is 7.43. The number of likely N-dealkylation sites (tertiary alicyclic amines) is 2. The van der Waals surface area contributed by atoms with E-state index in [1.807, 2.05) is 43.5 Å². The van der Waals surface area contributed by atoms with E-state index < -0.39 is 0 Å². The summed E-state index contributed by atoms with van der Waals surface area (Å²) in [6.07, 6.45) is 4.39. The average molecular weight is 586 g/mol. The number of fused-ring (bicyclic) bond motifs is 1. The lowest BCUT2D eigenvalue weighted by atomic mass is 10.1. The lowest BCUT2D eigenvalue weighted by Crippen LogP contribution is -2.61. The number of nitrogens with one attached hydrogen (secondary N) is 3. The molecule has 42 heavy (non-hydrogen) atoms. The largest absolute Gasteiger partial charge is 0.455 e. The number of benzene rings is 1. The Morgan fingerprint density at radius 3 is 2.60 bits per heavy atom. The van der Waals surface area contributed by atoms with Crippen molar-refractivity contribution >= 4 is 45.6 Å². The molecule has 2 fully saturated rings. The molecule has 1 aromatic carbocycles. The van der Waals surface area contributed by atoms with Crippen LogP contribution in [0.5, 0.6) is 11.5 Å². The standard InChI is InChI=1S/C30H31N7O4S/c1-18-9-21(34-30(40)35-23-15-37(16-23)19(2)39)4-6-26(18)41-27-7-8-31-25-10-28(42-29(25)27)24-5-3-20(11-32-24)12-36-13-22(14-36)33-17-38/h3-11,17,22-23H,12-16H2,1-2H3,(H,33,38)(H2,34,35,40). The van der Waals surface area contributed by atoms with E-state index in [9.17, 15) is 14.4 Å². The smallest absolute Gasteiger partial charge is 0.319 e. The molecule has 11 nitrogen and oxygen atoms in total. The number of aryl methyl sites for hydroxylation is 1. The number of urea groups is 1. The number of ether oxygens (including phenoxy) is 1. The molecule has 0 bridgehead atoms. The molecule has 2 aliphatic heterocycles. The van der Waals surface area contributed by atoms with Crippen LogP contribution in [0.25, 0.3) is 20.8 Å². The minimum Gasteiger partial charge on any atom is -0.455 e. The third kappa shape index (κ3) is 6.04. The Hall–Kier alpha value is -4.55. The van der Waals surface area contributed by atoms with Gasteiger partial charge in [0, 0.05) is 63.8 Å². The molecule has 4 aromatic rings. The van der Waals surface area contributed by atoms with Crippen molar-refractivity contribution in [1.29, 1.82) is 0 Å². The van der Waals surface area contributed by atoms with Crippen LogP contribution in [0.1, 0.15) is 18.1 Å². The number of aromatic nitrogens is 2. The van der Waals surface area contributed by atoms with Crippen LogP contribution in [0.4, 0.5) is 10.5 Å². The molecule has 0 atom stereocenters. The molecular formula is C30H31N7O4S. The SMILES string of the molecule is CC(=O)N1CC(NC(=O)Nc2ccc(Oc3ccnc4cc(-c5ccc(CN6CC(NC=O)C6)cn5)sc34)c(C)c2)C1. The van der Waals surface area contributed by atoms with Crippen LogP contribution < -0.4 is 20.7 Å². The summed E-state index contributed by atoms with van der Waals surface area (Å²) in [7, 11) is 0. The Labute approximate surface area is 246 Å². The zero-order valence-electron chi connectivity index (χ0n) is 23.3. The molecule has 216 valence electrons. The molecule has 5 heterocycles. The van der Waals surface area contributed by atoms with Crippen molar-refractivity contribution in [2.45, 2.75) is 32.5 Å². The van der Waals surface area contributed by atoms with Crippen LogP contribution in [0.3, 0.4) is 0 Å². The molecule has 2 saturated heterocycles. The molecule has 3 N–H and O–H groups in total. The second-order valence-corrected chi connectivity index (χ2v) is 11.7. The van der Waals surface area contributed by atoms with Crippen molar-refractivity contribution in [3.05, 3.63) is 66.0 Å². The van der Waals surface area contributed by atoms with Gasteiger partial charge in [0.2, 0.25) is 12.3 Å². The van der Waals surface area contributed by atoms with Crippen molar-refractivity contribution in [3.8, 4) is 22.1 Å². The molecule has 12 heteroatoms. The summed E-state index contributed by atoms with van der Waals surface area (Å²) < 4.78 is 7.24. The Bertz CT molecular complexity index is 1630. The Balaban J connectivity index is 1.09. The van der Waals surface area contributed by atoms with E-state index in [0.717, 1.165) is 58.0 Å². The van der Waals surface area contributed by atoms with E-state index in [1.54, 1.807) is 28.5 Å². The number of thiophene rings is 1. The summed E-state index contributed by atoms with van der Waals surface area (Å²) in [6.45, 7) is 7.01. The average Bonchev–Trinajstić information content (AvgIpc) is 3.36. The van der Waals surface area contributed by atoms with Crippen LogP contribution in [0.15, 0.2) is 54.9 Å². The first-order chi connectivity index (χ1) is 20.3. The Kier molecular flexibility index (Phi) is 7.72. The maximum absolute atomic E-state index is 12.4. The molecule has 4 amide bonds. The van der Waals surface area contributed by atoms with Crippen LogP contribution in [0.2, 0.25) is 0 Å². The topological polar surface area (TPSA) is 129 Å². The number of rotatable bonds is 9. The first-order valence-electron chi connectivity index (χ1n) is 13.7. The van der Waals surface area contributed by atoms with Gasteiger partial charge < -0.3 is 25.6 Å². The first-order valence-corrected chi connectivity index (χ1v) is 14.5. The number of carbonyl (C=O) groups excluding carboxylic acids is 3. The second-order valence-electron chi connectivity index (χ2n) is 10.7. The minimum atomic E-state index is -0.305. The van der Waals surface area contributed by atoms with Gasteiger partial charge in [-0.05, 0) is 48.4 Å². The van der Waals surface area contributed by atoms with E-state index >= 15 is 0 Å². The summed E-state index contributed by atoms with van der Waals surface area (Å²) in [6, 6.07) is 13.4. The maximum Gasteiger partial charge on any atom is 0.319 e. The zero-order valence-corrected chi connectivity index (χ0v) is 24.1. The van der Waals surface area contributed by atoms with E-state index in [0.29, 0.717) is 30.3 Å².